The molecule has 0 saturated heterocycles. The van der Waals surface area contributed by atoms with Crippen LogP contribution in [0.25, 0.3) is 0 Å². The van der Waals surface area contributed by atoms with Gasteiger partial charge >= 0.3 is 0 Å². The normalized spacial score (nSPS) is 10.1. The van der Waals surface area contributed by atoms with E-state index in [4.69, 9.17) is 4.74 Å². The van der Waals surface area contributed by atoms with Crippen LogP contribution >= 0.6 is 0 Å². The van der Waals surface area contributed by atoms with E-state index in [1.54, 1.807) is 12.1 Å². The summed E-state index contributed by atoms with van der Waals surface area (Å²) in [5, 5.41) is 3.04. The number of halogens is 1. The summed E-state index contributed by atoms with van der Waals surface area (Å²) in [6, 6.07) is 16.3. The van der Waals surface area contributed by atoms with Gasteiger partial charge in [0.1, 0.15) is 11.6 Å². The summed E-state index contributed by atoms with van der Waals surface area (Å²) in [6.07, 6.45) is 0.823. The molecule has 0 fully saturated rings. The van der Waals surface area contributed by atoms with Gasteiger partial charge in [0, 0.05) is 6.54 Å². The monoisotopic (exact) mass is 245 g/mol. The molecule has 0 aliphatic carbocycles. The van der Waals surface area contributed by atoms with Crippen LogP contribution < -0.4 is 10.1 Å². The molecule has 0 saturated carbocycles. The first-order chi connectivity index (χ1) is 8.86. The van der Waals surface area contributed by atoms with Crippen molar-refractivity contribution in [2.24, 2.45) is 0 Å². The maximum Gasteiger partial charge on any atom is 0.146 e. The van der Waals surface area contributed by atoms with Crippen LogP contribution in [0.3, 0.4) is 0 Å². The Balaban J connectivity index is 1.66. The highest BCUT2D eigenvalue weighted by molar-refractivity contribution is 5.44. The van der Waals surface area contributed by atoms with Crippen LogP contribution in [0, 0.1) is 5.82 Å². The van der Waals surface area contributed by atoms with E-state index in [0.29, 0.717) is 18.8 Å². The van der Waals surface area contributed by atoms with Gasteiger partial charge in [0.25, 0.3) is 0 Å². The predicted octanol–water partition coefficient (Wildman–Crippen LogP) is 3.71. The van der Waals surface area contributed by atoms with Crippen LogP contribution in [-0.2, 0) is 0 Å². The van der Waals surface area contributed by atoms with Gasteiger partial charge in [-0.15, -0.1) is 0 Å². The van der Waals surface area contributed by atoms with Gasteiger partial charge in [-0.1, -0.05) is 30.3 Å². The Bertz CT molecular complexity index is 473. The number of anilines is 1. The molecule has 0 aliphatic rings. The fraction of sp³-hybridized carbons (Fsp3) is 0.200. The molecule has 0 bridgehead atoms. The predicted molar refractivity (Wildman–Crippen MR) is 71.4 cm³/mol. The van der Waals surface area contributed by atoms with Crippen LogP contribution in [0.5, 0.6) is 5.75 Å². The van der Waals surface area contributed by atoms with Crippen molar-refractivity contribution < 1.29 is 9.13 Å². The van der Waals surface area contributed by atoms with Gasteiger partial charge in [-0.2, -0.15) is 0 Å². The van der Waals surface area contributed by atoms with E-state index < -0.39 is 0 Å². The average Bonchev–Trinajstić information content (AvgIpc) is 2.42. The van der Waals surface area contributed by atoms with E-state index in [2.05, 4.69) is 5.32 Å². The molecule has 18 heavy (non-hydrogen) atoms. The molecule has 2 rings (SSSR count). The van der Waals surface area contributed by atoms with Crippen molar-refractivity contribution in [3.63, 3.8) is 0 Å². The number of ether oxygens (including phenoxy) is 1. The molecule has 94 valence electrons. The van der Waals surface area contributed by atoms with Crippen molar-refractivity contribution in [2.75, 3.05) is 18.5 Å². The third kappa shape index (κ3) is 3.77. The SMILES string of the molecule is Fc1ccccc1NCCCOc1ccccc1. The molecule has 1 N–H and O–H groups in total. The van der Waals surface area contributed by atoms with Crippen molar-refractivity contribution in [1.29, 1.82) is 0 Å². The summed E-state index contributed by atoms with van der Waals surface area (Å²) >= 11 is 0. The third-order valence-corrected chi connectivity index (χ3v) is 2.52. The molecular weight excluding hydrogens is 229 g/mol. The van der Waals surface area contributed by atoms with Gasteiger partial charge in [-0.25, -0.2) is 4.39 Å². The fourth-order valence-electron chi connectivity index (χ4n) is 1.61. The quantitative estimate of drug-likeness (QED) is 0.783. The first-order valence-electron chi connectivity index (χ1n) is 6.02. The zero-order valence-corrected chi connectivity index (χ0v) is 10.1. The Morgan fingerprint density at radius 2 is 1.67 bits per heavy atom. The van der Waals surface area contributed by atoms with Crippen molar-refractivity contribution in [3.05, 3.63) is 60.4 Å². The Hall–Kier alpha value is -2.03. The lowest BCUT2D eigenvalue weighted by atomic mass is 10.3. The highest BCUT2D eigenvalue weighted by atomic mass is 19.1. The minimum absolute atomic E-state index is 0.221. The molecular formula is C15H16FNO. The molecule has 0 amide bonds. The third-order valence-electron chi connectivity index (χ3n) is 2.52. The van der Waals surface area contributed by atoms with E-state index >= 15 is 0 Å². The molecule has 2 aromatic carbocycles. The van der Waals surface area contributed by atoms with Gasteiger partial charge < -0.3 is 10.1 Å². The molecule has 0 aliphatic heterocycles. The number of rotatable bonds is 6. The maximum absolute atomic E-state index is 13.3. The molecule has 0 unspecified atom stereocenters. The van der Waals surface area contributed by atoms with Crippen LogP contribution in [-0.4, -0.2) is 13.2 Å². The minimum atomic E-state index is -0.221. The zero-order valence-electron chi connectivity index (χ0n) is 10.1. The summed E-state index contributed by atoms with van der Waals surface area (Å²) in [4.78, 5) is 0. The summed E-state index contributed by atoms with van der Waals surface area (Å²) in [6.45, 7) is 1.30. The molecule has 0 radical (unpaired) electrons. The van der Waals surface area contributed by atoms with Crippen molar-refractivity contribution >= 4 is 5.69 Å². The van der Waals surface area contributed by atoms with Crippen LogP contribution in [0.2, 0.25) is 0 Å². The molecule has 0 atom stereocenters. The lowest BCUT2D eigenvalue weighted by Crippen LogP contribution is -2.08. The molecule has 0 aromatic heterocycles. The van der Waals surface area contributed by atoms with E-state index in [0.717, 1.165) is 12.2 Å². The minimum Gasteiger partial charge on any atom is -0.494 e. The standard InChI is InChI=1S/C15H16FNO/c16-14-9-4-5-10-15(14)17-11-6-12-18-13-7-2-1-3-8-13/h1-5,7-10,17H,6,11-12H2. The van der Waals surface area contributed by atoms with Gasteiger partial charge in [-0.3, -0.25) is 0 Å². The second-order valence-electron chi connectivity index (χ2n) is 3.92. The Morgan fingerprint density at radius 1 is 0.944 bits per heavy atom. The van der Waals surface area contributed by atoms with Crippen molar-refractivity contribution in [1.82, 2.24) is 0 Å². The molecule has 2 aromatic rings. The summed E-state index contributed by atoms with van der Waals surface area (Å²) in [7, 11) is 0. The van der Waals surface area contributed by atoms with E-state index in [1.165, 1.54) is 6.07 Å². The van der Waals surface area contributed by atoms with Gasteiger partial charge in [0.15, 0.2) is 0 Å². The number of hydrogen-bond acceptors (Lipinski definition) is 2. The first-order valence-corrected chi connectivity index (χ1v) is 6.02. The summed E-state index contributed by atoms with van der Waals surface area (Å²) in [5.41, 5.74) is 0.539. The maximum atomic E-state index is 13.3. The Morgan fingerprint density at radius 3 is 2.44 bits per heavy atom. The average molecular weight is 245 g/mol. The molecule has 0 spiro atoms. The van der Waals surface area contributed by atoms with Gasteiger partial charge in [0.05, 0.1) is 12.3 Å². The zero-order chi connectivity index (χ0) is 12.6. The van der Waals surface area contributed by atoms with Crippen molar-refractivity contribution in [3.8, 4) is 5.75 Å². The highest BCUT2D eigenvalue weighted by Crippen LogP contribution is 2.12. The summed E-state index contributed by atoms with van der Waals surface area (Å²) < 4.78 is 18.8. The second kappa shape index (κ2) is 6.64. The topological polar surface area (TPSA) is 21.3 Å². The summed E-state index contributed by atoms with van der Waals surface area (Å²) in [5.74, 6) is 0.643. The van der Waals surface area contributed by atoms with Crippen molar-refractivity contribution in [2.45, 2.75) is 6.42 Å². The smallest absolute Gasteiger partial charge is 0.146 e. The van der Waals surface area contributed by atoms with Gasteiger partial charge in [0.2, 0.25) is 0 Å². The Kier molecular flexibility index (Phi) is 4.59. The fourth-order valence-corrected chi connectivity index (χ4v) is 1.61. The molecule has 0 heterocycles. The van der Waals surface area contributed by atoms with Crippen LogP contribution in [0.4, 0.5) is 10.1 Å². The lowest BCUT2D eigenvalue weighted by Gasteiger charge is -2.08. The van der Waals surface area contributed by atoms with Gasteiger partial charge in [-0.05, 0) is 30.7 Å². The van der Waals surface area contributed by atoms with E-state index in [9.17, 15) is 4.39 Å². The van der Waals surface area contributed by atoms with E-state index in [-0.39, 0.29) is 5.82 Å². The van der Waals surface area contributed by atoms with Crippen LogP contribution in [0.1, 0.15) is 6.42 Å². The lowest BCUT2D eigenvalue weighted by molar-refractivity contribution is 0.315. The number of nitrogens with one attached hydrogen (secondary N) is 1. The molecule has 2 nitrogen and oxygen atoms in total. The largest absolute Gasteiger partial charge is 0.494 e. The number of hydrogen-bond donors (Lipinski definition) is 1. The molecule has 3 heteroatoms. The number of para-hydroxylation sites is 2. The van der Waals surface area contributed by atoms with Crippen LogP contribution in [0.15, 0.2) is 54.6 Å². The number of benzene rings is 2. The van der Waals surface area contributed by atoms with E-state index in [1.807, 2.05) is 36.4 Å². The Labute approximate surface area is 106 Å². The first kappa shape index (κ1) is 12.4. The highest BCUT2D eigenvalue weighted by Gasteiger charge is 1.98. The second-order valence-corrected chi connectivity index (χ2v) is 3.92.